The van der Waals surface area contributed by atoms with E-state index in [1.54, 1.807) is 0 Å². The van der Waals surface area contributed by atoms with Crippen molar-refractivity contribution in [2.24, 2.45) is 5.92 Å². The maximum Gasteiger partial charge on any atom is 0.331 e. The monoisotopic (exact) mass is 224 g/mol. The van der Waals surface area contributed by atoms with E-state index in [1.165, 1.54) is 0 Å². The Morgan fingerprint density at radius 1 is 1.38 bits per heavy atom. The number of carboxylic acids is 1. The maximum absolute atomic E-state index is 10.4. The zero-order valence-electron chi connectivity index (χ0n) is 9.82. The van der Waals surface area contributed by atoms with E-state index in [0.717, 1.165) is 32.0 Å². The molecule has 0 amide bonds. The maximum atomic E-state index is 10.4. The molecule has 0 spiro atoms. The lowest BCUT2D eigenvalue weighted by Gasteiger charge is -2.00. The van der Waals surface area contributed by atoms with Crippen molar-refractivity contribution in [3.05, 3.63) is 24.3 Å². The van der Waals surface area contributed by atoms with Crippen molar-refractivity contribution in [3.8, 4) is 0 Å². The van der Waals surface area contributed by atoms with Gasteiger partial charge in [-0.2, -0.15) is 0 Å². The Morgan fingerprint density at radius 2 is 2.06 bits per heavy atom. The van der Waals surface area contributed by atoms with Gasteiger partial charge in [0.2, 0.25) is 0 Å². The average Bonchev–Trinajstić information content (AvgIpc) is 2.26. The van der Waals surface area contributed by atoms with Crippen LogP contribution in [0.2, 0.25) is 0 Å². The van der Waals surface area contributed by atoms with Crippen LogP contribution >= 0.6 is 0 Å². The third-order valence-electron chi connectivity index (χ3n) is 2.35. The van der Waals surface area contributed by atoms with Crippen LogP contribution in [0.15, 0.2) is 24.3 Å². The van der Waals surface area contributed by atoms with Gasteiger partial charge in [-0.05, 0) is 25.7 Å². The van der Waals surface area contributed by atoms with Crippen LogP contribution in [0, 0.1) is 5.92 Å². The first-order valence-electron chi connectivity index (χ1n) is 5.59. The highest BCUT2D eigenvalue weighted by Crippen LogP contribution is 2.08. The zero-order chi connectivity index (χ0) is 12.4. The third-order valence-corrected chi connectivity index (χ3v) is 2.35. The highest BCUT2D eigenvalue weighted by atomic mass is 16.4. The standard InChI is InChI=1S/C13H20O3/c1-11(10-14)8-6-4-3-5-7-9-12(2)13(15)16/h5,7,10-11H,2-4,6,8-9H2,1H3,(H,15,16). The Balaban J connectivity index is 3.45. The van der Waals surface area contributed by atoms with Crippen molar-refractivity contribution in [2.75, 3.05) is 0 Å². The Labute approximate surface area is 96.9 Å². The molecule has 0 aromatic rings. The lowest BCUT2D eigenvalue weighted by molar-refractivity contribution is -0.132. The van der Waals surface area contributed by atoms with E-state index in [2.05, 4.69) is 6.58 Å². The molecule has 0 bridgehead atoms. The van der Waals surface area contributed by atoms with Crippen LogP contribution in [-0.2, 0) is 9.59 Å². The number of hydrogen-bond donors (Lipinski definition) is 1. The first kappa shape index (κ1) is 14.6. The molecule has 3 heteroatoms. The van der Waals surface area contributed by atoms with E-state index in [-0.39, 0.29) is 11.5 Å². The molecule has 0 aliphatic rings. The lowest BCUT2D eigenvalue weighted by Crippen LogP contribution is -1.96. The molecule has 0 aromatic carbocycles. The van der Waals surface area contributed by atoms with Gasteiger partial charge in [0.25, 0.3) is 0 Å². The molecule has 3 nitrogen and oxygen atoms in total. The highest BCUT2D eigenvalue weighted by molar-refractivity contribution is 5.85. The van der Waals surface area contributed by atoms with Crippen LogP contribution in [0.25, 0.3) is 0 Å². The topological polar surface area (TPSA) is 54.4 Å². The largest absolute Gasteiger partial charge is 0.478 e. The smallest absolute Gasteiger partial charge is 0.331 e. The molecule has 0 aliphatic heterocycles. The molecule has 0 saturated heterocycles. The summed E-state index contributed by atoms with van der Waals surface area (Å²) in [6.45, 7) is 5.35. The molecular weight excluding hydrogens is 204 g/mol. The van der Waals surface area contributed by atoms with E-state index in [1.807, 2.05) is 19.1 Å². The summed E-state index contributed by atoms with van der Waals surface area (Å²) in [5, 5.41) is 8.54. The molecule has 0 aliphatic carbocycles. The van der Waals surface area contributed by atoms with Crippen molar-refractivity contribution in [1.29, 1.82) is 0 Å². The number of unbranched alkanes of at least 4 members (excludes halogenated alkanes) is 2. The molecule has 0 rings (SSSR count). The second-order valence-electron chi connectivity index (χ2n) is 3.98. The van der Waals surface area contributed by atoms with Crippen molar-refractivity contribution in [2.45, 2.75) is 39.0 Å². The number of allylic oxidation sites excluding steroid dienone is 2. The van der Waals surface area contributed by atoms with Gasteiger partial charge in [0.1, 0.15) is 6.29 Å². The second-order valence-corrected chi connectivity index (χ2v) is 3.98. The zero-order valence-corrected chi connectivity index (χ0v) is 9.82. The fourth-order valence-electron chi connectivity index (χ4n) is 1.23. The van der Waals surface area contributed by atoms with Crippen LogP contribution in [-0.4, -0.2) is 17.4 Å². The Kier molecular flexibility index (Phi) is 8.12. The molecule has 1 atom stereocenters. The van der Waals surface area contributed by atoms with Crippen LogP contribution < -0.4 is 0 Å². The highest BCUT2D eigenvalue weighted by Gasteiger charge is 2.00. The van der Waals surface area contributed by atoms with Crippen molar-refractivity contribution in [3.63, 3.8) is 0 Å². The van der Waals surface area contributed by atoms with Gasteiger partial charge in [-0.25, -0.2) is 4.79 Å². The predicted octanol–water partition coefficient (Wildman–Crippen LogP) is 2.97. The van der Waals surface area contributed by atoms with Gasteiger partial charge in [-0.3, -0.25) is 0 Å². The number of aliphatic carboxylic acids is 1. The van der Waals surface area contributed by atoms with Crippen molar-refractivity contribution in [1.82, 2.24) is 0 Å². The van der Waals surface area contributed by atoms with Gasteiger partial charge in [0.15, 0.2) is 0 Å². The quantitative estimate of drug-likeness (QED) is 0.283. The average molecular weight is 224 g/mol. The van der Waals surface area contributed by atoms with Crippen LogP contribution in [0.3, 0.4) is 0 Å². The van der Waals surface area contributed by atoms with Crippen LogP contribution in [0.5, 0.6) is 0 Å². The Morgan fingerprint density at radius 3 is 2.62 bits per heavy atom. The molecule has 0 heterocycles. The number of carbonyl (C=O) groups is 2. The Bertz CT molecular complexity index is 266. The van der Waals surface area contributed by atoms with Crippen LogP contribution in [0.4, 0.5) is 0 Å². The summed E-state index contributed by atoms with van der Waals surface area (Å²) in [6.07, 6.45) is 9.11. The van der Waals surface area contributed by atoms with E-state index in [4.69, 9.17) is 5.11 Å². The van der Waals surface area contributed by atoms with Crippen molar-refractivity contribution >= 4 is 12.3 Å². The number of aldehydes is 1. The van der Waals surface area contributed by atoms with E-state index < -0.39 is 5.97 Å². The predicted molar refractivity (Wildman–Crippen MR) is 64.2 cm³/mol. The van der Waals surface area contributed by atoms with Crippen molar-refractivity contribution < 1.29 is 14.7 Å². The summed E-state index contributed by atoms with van der Waals surface area (Å²) < 4.78 is 0. The number of hydrogen-bond acceptors (Lipinski definition) is 2. The minimum absolute atomic E-state index is 0.149. The van der Waals surface area contributed by atoms with Gasteiger partial charge in [0, 0.05) is 11.5 Å². The SMILES string of the molecule is C=C(CC=CCCCCC(C)C=O)C(=O)O. The number of carboxylic acid groups (broad SMARTS) is 1. The summed E-state index contributed by atoms with van der Waals surface area (Å²) in [5.41, 5.74) is 0.214. The fraction of sp³-hybridized carbons (Fsp3) is 0.538. The summed E-state index contributed by atoms with van der Waals surface area (Å²) >= 11 is 0. The second kappa shape index (κ2) is 8.89. The van der Waals surface area contributed by atoms with Crippen LogP contribution in [0.1, 0.15) is 39.0 Å². The summed E-state index contributed by atoms with van der Waals surface area (Å²) in [6, 6.07) is 0. The van der Waals surface area contributed by atoms with Gasteiger partial charge in [-0.15, -0.1) is 0 Å². The number of rotatable bonds is 9. The van der Waals surface area contributed by atoms with E-state index in [0.29, 0.717) is 6.42 Å². The van der Waals surface area contributed by atoms with Gasteiger partial charge in [-0.1, -0.05) is 32.1 Å². The Hall–Kier alpha value is -1.38. The molecule has 1 N–H and O–H groups in total. The summed E-state index contributed by atoms with van der Waals surface area (Å²) in [4.78, 5) is 20.7. The molecule has 0 fully saturated rings. The minimum Gasteiger partial charge on any atom is -0.478 e. The molecule has 0 aromatic heterocycles. The fourth-order valence-corrected chi connectivity index (χ4v) is 1.23. The number of carbonyl (C=O) groups excluding carboxylic acids is 1. The molecule has 90 valence electrons. The first-order valence-corrected chi connectivity index (χ1v) is 5.59. The molecule has 1 unspecified atom stereocenters. The van der Waals surface area contributed by atoms with Gasteiger partial charge < -0.3 is 9.90 Å². The first-order chi connectivity index (χ1) is 7.57. The van der Waals surface area contributed by atoms with Gasteiger partial charge >= 0.3 is 5.97 Å². The molecule has 0 radical (unpaired) electrons. The lowest BCUT2D eigenvalue weighted by atomic mass is 10.0. The van der Waals surface area contributed by atoms with E-state index in [9.17, 15) is 9.59 Å². The van der Waals surface area contributed by atoms with Gasteiger partial charge in [0.05, 0.1) is 0 Å². The summed E-state index contributed by atoms with van der Waals surface area (Å²) in [5.74, 6) is -0.791. The molecule has 16 heavy (non-hydrogen) atoms. The molecule has 0 saturated carbocycles. The molecular formula is C13H20O3. The third kappa shape index (κ3) is 7.97. The normalized spacial score (nSPS) is 12.6. The van der Waals surface area contributed by atoms with E-state index >= 15 is 0 Å². The summed E-state index contributed by atoms with van der Waals surface area (Å²) in [7, 11) is 0. The minimum atomic E-state index is -0.940.